The average molecular weight is 465 g/mol. The fourth-order valence-corrected chi connectivity index (χ4v) is 3.05. The lowest BCUT2D eigenvalue weighted by molar-refractivity contribution is -0.135. The number of hydrogen-bond acceptors (Lipinski definition) is 7. The standard InChI is InChI=1S/C19H34O7.3C2H6/c1-11(17(22)13(3)9-20)7-15(26-6)8-12(2)18(23)14(4)19(24)16(21)10-25-5;3*1-2/h9,11-16,19,21,24H,7-8,10H2,1-6H3;3*1-2H3/t11-,12-,13?,14?,15?,16?,19?;;;/m1.../s1. The summed E-state index contributed by atoms with van der Waals surface area (Å²) in [5.41, 5.74) is 0. The highest BCUT2D eigenvalue weighted by Gasteiger charge is 2.32. The molecule has 7 heteroatoms. The van der Waals surface area contributed by atoms with Crippen LogP contribution in [0.5, 0.6) is 0 Å². The maximum atomic E-state index is 12.5. The number of aldehydes is 1. The van der Waals surface area contributed by atoms with Gasteiger partial charge in [0.1, 0.15) is 24.0 Å². The van der Waals surface area contributed by atoms with Gasteiger partial charge in [-0.1, -0.05) is 62.3 Å². The van der Waals surface area contributed by atoms with Crippen LogP contribution < -0.4 is 0 Å². The lowest BCUT2D eigenvalue weighted by atomic mass is 9.84. The van der Waals surface area contributed by atoms with E-state index in [9.17, 15) is 24.6 Å². The second-order valence-electron chi connectivity index (χ2n) is 7.16. The summed E-state index contributed by atoms with van der Waals surface area (Å²) in [6, 6.07) is 0. The quantitative estimate of drug-likeness (QED) is 0.294. The number of carbonyl (C=O) groups excluding carboxylic acids is 3. The van der Waals surface area contributed by atoms with Crippen LogP contribution in [0.1, 0.15) is 82.1 Å². The van der Waals surface area contributed by atoms with Gasteiger partial charge in [-0.3, -0.25) is 9.59 Å². The molecule has 0 bridgehead atoms. The van der Waals surface area contributed by atoms with Crippen LogP contribution in [-0.2, 0) is 23.9 Å². The highest BCUT2D eigenvalue weighted by Crippen LogP contribution is 2.23. The smallest absolute Gasteiger partial charge is 0.145 e. The number of hydrogen-bond donors (Lipinski definition) is 2. The Morgan fingerprint density at radius 1 is 0.812 bits per heavy atom. The van der Waals surface area contributed by atoms with Gasteiger partial charge in [0.25, 0.3) is 0 Å². The maximum absolute atomic E-state index is 12.5. The molecular weight excluding hydrogens is 412 g/mol. The SMILES string of the molecule is CC.CC.CC.COCC(O)C(O)C(C)C(=O)[C@H](C)CC(C[C@@H](C)C(=O)C(C)C=O)OC. The number of rotatable bonds is 14. The molecule has 2 N–H and O–H groups in total. The van der Waals surface area contributed by atoms with Crippen LogP contribution in [0.2, 0.25) is 0 Å². The van der Waals surface area contributed by atoms with Crippen LogP contribution in [0.3, 0.4) is 0 Å². The van der Waals surface area contributed by atoms with Crippen molar-refractivity contribution < 1.29 is 34.1 Å². The Bertz CT molecular complexity index is 454. The van der Waals surface area contributed by atoms with Gasteiger partial charge >= 0.3 is 0 Å². The molecule has 0 fully saturated rings. The molecule has 0 spiro atoms. The van der Waals surface area contributed by atoms with E-state index in [0.29, 0.717) is 19.1 Å². The van der Waals surface area contributed by atoms with Gasteiger partial charge in [0.15, 0.2) is 0 Å². The predicted molar refractivity (Wildman–Crippen MR) is 131 cm³/mol. The molecule has 0 saturated heterocycles. The van der Waals surface area contributed by atoms with Crippen LogP contribution in [0, 0.1) is 23.7 Å². The molecule has 0 rings (SSSR count). The summed E-state index contributed by atoms with van der Waals surface area (Å²) < 4.78 is 10.2. The van der Waals surface area contributed by atoms with Crippen molar-refractivity contribution >= 4 is 17.9 Å². The van der Waals surface area contributed by atoms with Crippen molar-refractivity contribution in [3.05, 3.63) is 0 Å². The molecule has 0 amide bonds. The summed E-state index contributed by atoms with van der Waals surface area (Å²) >= 11 is 0. The first-order valence-electron chi connectivity index (χ1n) is 12.0. The molecule has 0 aliphatic carbocycles. The number of carbonyl (C=O) groups is 3. The number of ketones is 2. The van der Waals surface area contributed by atoms with E-state index in [4.69, 9.17) is 9.47 Å². The van der Waals surface area contributed by atoms with Crippen LogP contribution in [-0.4, -0.2) is 67.2 Å². The van der Waals surface area contributed by atoms with Gasteiger partial charge in [0.05, 0.1) is 24.7 Å². The molecule has 7 nitrogen and oxygen atoms in total. The van der Waals surface area contributed by atoms with E-state index in [1.807, 2.05) is 41.5 Å². The molecule has 7 atom stereocenters. The molecule has 0 radical (unpaired) electrons. The summed E-state index contributed by atoms with van der Waals surface area (Å²) in [5, 5.41) is 19.9. The Hall–Kier alpha value is -1.15. The van der Waals surface area contributed by atoms with E-state index in [0.717, 1.165) is 0 Å². The normalized spacial score (nSPS) is 16.6. The van der Waals surface area contributed by atoms with Crippen LogP contribution >= 0.6 is 0 Å². The molecule has 194 valence electrons. The lowest BCUT2D eigenvalue weighted by Gasteiger charge is -2.27. The largest absolute Gasteiger partial charge is 0.390 e. The molecule has 32 heavy (non-hydrogen) atoms. The summed E-state index contributed by atoms with van der Waals surface area (Å²) in [6.45, 7) is 18.6. The van der Waals surface area contributed by atoms with Crippen LogP contribution in [0.15, 0.2) is 0 Å². The Balaban J connectivity index is -0.000000597. The molecule has 0 saturated carbocycles. The summed E-state index contributed by atoms with van der Waals surface area (Å²) in [7, 11) is 2.92. The zero-order chi connectivity index (χ0) is 26.4. The van der Waals surface area contributed by atoms with Crippen molar-refractivity contribution in [2.24, 2.45) is 23.7 Å². The van der Waals surface area contributed by atoms with Crippen LogP contribution in [0.4, 0.5) is 0 Å². The Morgan fingerprint density at radius 3 is 1.56 bits per heavy atom. The number of methoxy groups -OCH3 is 2. The van der Waals surface area contributed by atoms with Crippen molar-refractivity contribution in [2.75, 3.05) is 20.8 Å². The monoisotopic (exact) mass is 464 g/mol. The van der Waals surface area contributed by atoms with E-state index in [2.05, 4.69) is 0 Å². The fraction of sp³-hybridized carbons (Fsp3) is 0.880. The molecular formula is C25H52O7. The molecule has 0 heterocycles. The number of Topliss-reactive ketones (excluding diaryl/α,β-unsaturated/α-hetero) is 2. The zero-order valence-corrected chi connectivity index (χ0v) is 22.7. The Morgan fingerprint density at radius 2 is 1.22 bits per heavy atom. The average Bonchev–Trinajstić information content (AvgIpc) is 2.84. The summed E-state index contributed by atoms with van der Waals surface area (Å²) in [6.07, 6.45) is -1.23. The first-order chi connectivity index (χ1) is 15.1. The van der Waals surface area contributed by atoms with Crippen molar-refractivity contribution in [3.63, 3.8) is 0 Å². The van der Waals surface area contributed by atoms with Crippen LogP contribution in [0.25, 0.3) is 0 Å². The van der Waals surface area contributed by atoms with Gasteiger partial charge in [-0.15, -0.1) is 0 Å². The molecule has 0 aliphatic rings. The highest BCUT2D eigenvalue weighted by atomic mass is 16.5. The van der Waals surface area contributed by atoms with E-state index in [1.165, 1.54) is 14.2 Å². The molecule has 0 aromatic carbocycles. The minimum Gasteiger partial charge on any atom is -0.390 e. The van der Waals surface area contributed by atoms with Gasteiger partial charge in [0, 0.05) is 32.0 Å². The second-order valence-corrected chi connectivity index (χ2v) is 7.16. The molecule has 0 aromatic heterocycles. The third-order valence-corrected chi connectivity index (χ3v) is 4.88. The van der Waals surface area contributed by atoms with E-state index in [-0.39, 0.29) is 30.2 Å². The van der Waals surface area contributed by atoms with E-state index < -0.39 is 30.0 Å². The van der Waals surface area contributed by atoms with Crippen molar-refractivity contribution in [2.45, 2.75) is 100 Å². The Labute approximate surface area is 197 Å². The predicted octanol–water partition coefficient (Wildman–Crippen LogP) is 4.11. The van der Waals surface area contributed by atoms with Crippen molar-refractivity contribution in [3.8, 4) is 0 Å². The van der Waals surface area contributed by atoms with Gasteiger partial charge in [0.2, 0.25) is 0 Å². The number of aliphatic hydroxyl groups is 2. The van der Waals surface area contributed by atoms with Gasteiger partial charge in [-0.05, 0) is 19.8 Å². The first-order valence-corrected chi connectivity index (χ1v) is 12.0. The van der Waals surface area contributed by atoms with Gasteiger partial charge < -0.3 is 24.5 Å². The third kappa shape index (κ3) is 15.6. The fourth-order valence-electron chi connectivity index (χ4n) is 3.05. The topological polar surface area (TPSA) is 110 Å². The number of ether oxygens (including phenoxy) is 2. The maximum Gasteiger partial charge on any atom is 0.145 e. The lowest BCUT2D eigenvalue weighted by Crippen LogP contribution is -2.41. The summed E-state index contributed by atoms with van der Waals surface area (Å²) in [5.74, 6) is -2.50. The molecule has 0 aromatic rings. The summed E-state index contributed by atoms with van der Waals surface area (Å²) in [4.78, 5) is 35.4. The van der Waals surface area contributed by atoms with Gasteiger partial charge in [-0.2, -0.15) is 0 Å². The van der Waals surface area contributed by atoms with Gasteiger partial charge in [-0.25, -0.2) is 0 Å². The minimum atomic E-state index is -1.21. The molecule has 0 aliphatic heterocycles. The second kappa shape index (κ2) is 24.5. The van der Waals surface area contributed by atoms with E-state index in [1.54, 1.807) is 27.7 Å². The minimum absolute atomic E-state index is 0.0532. The third-order valence-electron chi connectivity index (χ3n) is 4.88. The first kappa shape index (κ1) is 38.1. The highest BCUT2D eigenvalue weighted by molar-refractivity contribution is 5.94. The van der Waals surface area contributed by atoms with Crippen molar-refractivity contribution in [1.29, 1.82) is 0 Å². The van der Waals surface area contributed by atoms with Crippen molar-refractivity contribution in [1.82, 2.24) is 0 Å². The Kier molecular flexibility index (Phi) is 29.2. The van der Waals surface area contributed by atoms with E-state index >= 15 is 0 Å². The molecule has 5 unspecified atom stereocenters. The zero-order valence-electron chi connectivity index (χ0n) is 22.7. The number of aliphatic hydroxyl groups excluding tert-OH is 2.